The summed E-state index contributed by atoms with van der Waals surface area (Å²) in [6.45, 7) is 4.35. The first-order valence-electron chi connectivity index (χ1n) is 20.9. The lowest BCUT2D eigenvalue weighted by Gasteiger charge is -2.22. The molecule has 0 bridgehead atoms. The van der Waals surface area contributed by atoms with E-state index in [0.717, 1.165) is 25.7 Å². The van der Waals surface area contributed by atoms with Gasteiger partial charge in [-0.3, -0.25) is 4.79 Å². The van der Waals surface area contributed by atoms with Gasteiger partial charge in [0.05, 0.1) is 18.8 Å². The first kappa shape index (κ1) is 45.1. The average molecular weight is 650 g/mol. The number of allylic oxidation sites excluding steroid dienone is 2. The van der Waals surface area contributed by atoms with Crippen molar-refractivity contribution in [1.82, 2.24) is 5.32 Å². The van der Waals surface area contributed by atoms with Crippen molar-refractivity contribution in [3.63, 3.8) is 0 Å². The molecule has 274 valence electrons. The average Bonchev–Trinajstić information content (AvgIpc) is 3.06. The van der Waals surface area contributed by atoms with Gasteiger partial charge in [-0.1, -0.05) is 199 Å². The van der Waals surface area contributed by atoms with Crippen molar-refractivity contribution in [2.45, 2.75) is 244 Å². The Morgan fingerprint density at radius 3 is 1.20 bits per heavy atom. The fraction of sp³-hybridized carbons (Fsp3) is 0.929. The van der Waals surface area contributed by atoms with Crippen molar-refractivity contribution in [3.05, 3.63) is 12.2 Å². The van der Waals surface area contributed by atoms with Crippen molar-refractivity contribution in [1.29, 1.82) is 0 Å². The predicted molar refractivity (Wildman–Crippen MR) is 202 cm³/mol. The summed E-state index contributed by atoms with van der Waals surface area (Å²) in [4.78, 5) is 12.3. The molecule has 2 unspecified atom stereocenters. The Balaban J connectivity index is 3.46. The van der Waals surface area contributed by atoms with E-state index in [1.54, 1.807) is 0 Å². The summed E-state index contributed by atoms with van der Waals surface area (Å²) in [6, 6.07) is -0.532. The van der Waals surface area contributed by atoms with E-state index in [1.807, 2.05) is 0 Å². The van der Waals surface area contributed by atoms with E-state index < -0.39 is 12.1 Å². The zero-order valence-electron chi connectivity index (χ0n) is 31.4. The molecule has 0 aromatic carbocycles. The van der Waals surface area contributed by atoms with Crippen molar-refractivity contribution in [2.75, 3.05) is 6.61 Å². The monoisotopic (exact) mass is 650 g/mol. The molecule has 0 heterocycles. The number of carbonyl (C=O) groups is 1. The van der Waals surface area contributed by atoms with Crippen molar-refractivity contribution < 1.29 is 15.0 Å². The van der Waals surface area contributed by atoms with Gasteiger partial charge >= 0.3 is 0 Å². The molecule has 0 aliphatic carbocycles. The van der Waals surface area contributed by atoms with Gasteiger partial charge in [-0.2, -0.15) is 0 Å². The van der Waals surface area contributed by atoms with E-state index in [0.29, 0.717) is 12.8 Å². The van der Waals surface area contributed by atoms with Crippen LogP contribution in [0.4, 0.5) is 0 Å². The number of carbonyl (C=O) groups excluding carboxylic acids is 1. The molecule has 0 spiro atoms. The summed E-state index contributed by atoms with van der Waals surface area (Å²) in [5.74, 6) is -0.0342. The van der Waals surface area contributed by atoms with Crippen LogP contribution >= 0.6 is 0 Å². The van der Waals surface area contributed by atoms with Crippen molar-refractivity contribution >= 4 is 5.91 Å². The van der Waals surface area contributed by atoms with Gasteiger partial charge in [-0.15, -0.1) is 0 Å². The van der Waals surface area contributed by atoms with Crippen LogP contribution in [-0.4, -0.2) is 34.9 Å². The summed E-state index contributed by atoms with van der Waals surface area (Å²) >= 11 is 0. The van der Waals surface area contributed by atoms with Gasteiger partial charge in [-0.25, -0.2) is 0 Å². The van der Waals surface area contributed by atoms with Crippen LogP contribution < -0.4 is 5.32 Å². The molecule has 0 aromatic heterocycles. The smallest absolute Gasteiger partial charge is 0.220 e. The first-order valence-corrected chi connectivity index (χ1v) is 20.9. The van der Waals surface area contributed by atoms with Crippen LogP contribution in [0.25, 0.3) is 0 Å². The lowest BCUT2D eigenvalue weighted by molar-refractivity contribution is -0.123. The first-order chi connectivity index (χ1) is 22.7. The molecule has 2 atom stereocenters. The molecular weight excluding hydrogens is 566 g/mol. The molecule has 0 aliphatic rings. The molecule has 0 aromatic rings. The summed E-state index contributed by atoms with van der Waals surface area (Å²) in [5.41, 5.74) is 0. The maximum Gasteiger partial charge on any atom is 0.220 e. The molecule has 0 saturated heterocycles. The summed E-state index contributed by atoms with van der Waals surface area (Å²) in [7, 11) is 0. The molecule has 0 radical (unpaired) electrons. The zero-order valence-corrected chi connectivity index (χ0v) is 31.4. The lowest BCUT2D eigenvalue weighted by Crippen LogP contribution is -2.45. The van der Waals surface area contributed by atoms with Crippen LogP contribution in [-0.2, 0) is 4.79 Å². The quantitative estimate of drug-likeness (QED) is 0.0460. The molecular formula is C42H83NO3. The number of unbranched alkanes of at least 4 members (excludes halogenated alkanes) is 29. The number of amides is 1. The van der Waals surface area contributed by atoms with Crippen LogP contribution in [0.5, 0.6) is 0 Å². The third-order valence-electron chi connectivity index (χ3n) is 9.78. The predicted octanol–water partition coefficient (Wildman–Crippen LogP) is 12.7. The van der Waals surface area contributed by atoms with Crippen molar-refractivity contribution in [3.8, 4) is 0 Å². The molecule has 0 aliphatic heterocycles. The highest BCUT2D eigenvalue weighted by Crippen LogP contribution is 2.15. The van der Waals surface area contributed by atoms with Crippen LogP contribution in [0.15, 0.2) is 12.2 Å². The Bertz CT molecular complexity index is 622. The normalized spacial score (nSPS) is 13.0. The van der Waals surface area contributed by atoms with Gasteiger partial charge in [0, 0.05) is 6.42 Å². The summed E-state index contributed by atoms with van der Waals surface area (Å²) in [6.07, 6.45) is 47.2. The van der Waals surface area contributed by atoms with Crippen LogP contribution in [0, 0.1) is 0 Å². The minimum absolute atomic E-state index is 0.0342. The highest BCUT2D eigenvalue weighted by molar-refractivity contribution is 5.76. The minimum Gasteiger partial charge on any atom is -0.394 e. The van der Waals surface area contributed by atoms with Crippen LogP contribution in [0.2, 0.25) is 0 Å². The van der Waals surface area contributed by atoms with Gasteiger partial charge in [0.2, 0.25) is 5.91 Å². The number of aliphatic hydroxyl groups excluding tert-OH is 2. The highest BCUT2D eigenvalue weighted by Gasteiger charge is 2.19. The summed E-state index contributed by atoms with van der Waals surface area (Å²) in [5, 5.41) is 23.0. The lowest BCUT2D eigenvalue weighted by atomic mass is 10.0. The number of rotatable bonds is 38. The Labute approximate surface area is 288 Å². The van der Waals surface area contributed by atoms with Crippen LogP contribution in [0.3, 0.4) is 0 Å². The molecule has 0 rings (SSSR count). The molecule has 4 nitrogen and oxygen atoms in total. The standard InChI is InChI=1S/C42H83NO3/c1-3-5-7-9-11-13-15-16-17-18-19-20-21-22-23-24-25-26-27-28-30-32-34-36-38-42(46)43-40(39-44)41(45)37-35-33-31-29-14-12-10-8-6-4-2/h22-23,40-41,44-45H,3-21,24-39H2,1-2H3,(H,43,46)/b23-22-. The molecule has 3 N–H and O–H groups in total. The van der Waals surface area contributed by atoms with E-state index in [2.05, 4.69) is 31.3 Å². The van der Waals surface area contributed by atoms with Gasteiger partial charge in [0.1, 0.15) is 0 Å². The van der Waals surface area contributed by atoms with E-state index in [9.17, 15) is 15.0 Å². The fourth-order valence-corrected chi connectivity index (χ4v) is 6.53. The van der Waals surface area contributed by atoms with Gasteiger partial charge in [0.25, 0.3) is 0 Å². The SMILES string of the molecule is CCCCCCCCCCCCCC/C=C\CCCCCCCCCCC(=O)NC(CO)C(O)CCCCCCCCCCCC. The number of hydrogen-bond donors (Lipinski definition) is 3. The molecule has 0 saturated carbocycles. The van der Waals surface area contributed by atoms with Crippen molar-refractivity contribution in [2.24, 2.45) is 0 Å². The second-order valence-corrected chi connectivity index (χ2v) is 14.4. The maximum absolute atomic E-state index is 12.3. The Morgan fingerprint density at radius 2 is 0.826 bits per heavy atom. The number of aliphatic hydroxyl groups is 2. The van der Waals surface area contributed by atoms with E-state index in [1.165, 1.54) is 180 Å². The van der Waals surface area contributed by atoms with E-state index >= 15 is 0 Å². The Hall–Kier alpha value is -0.870. The third-order valence-corrected chi connectivity index (χ3v) is 9.78. The van der Waals surface area contributed by atoms with Gasteiger partial charge in [0.15, 0.2) is 0 Å². The van der Waals surface area contributed by atoms with E-state index in [4.69, 9.17) is 0 Å². The van der Waals surface area contributed by atoms with Crippen LogP contribution in [0.1, 0.15) is 232 Å². The number of nitrogens with one attached hydrogen (secondary N) is 1. The zero-order chi connectivity index (χ0) is 33.6. The molecule has 0 fully saturated rings. The summed E-state index contributed by atoms with van der Waals surface area (Å²) < 4.78 is 0. The Kier molecular flexibility index (Phi) is 37.8. The second kappa shape index (κ2) is 38.6. The largest absolute Gasteiger partial charge is 0.394 e. The minimum atomic E-state index is -0.655. The molecule has 4 heteroatoms. The van der Waals surface area contributed by atoms with Gasteiger partial charge < -0.3 is 15.5 Å². The fourth-order valence-electron chi connectivity index (χ4n) is 6.53. The number of hydrogen-bond acceptors (Lipinski definition) is 3. The maximum atomic E-state index is 12.3. The highest BCUT2D eigenvalue weighted by atomic mass is 16.3. The van der Waals surface area contributed by atoms with E-state index in [-0.39, 0.29) is 12.5 Å². The second-order valence-electron chi connectivity index (χ2n) is 14.4. The topological polar surface area (TPSA) is 69.6 Å². The molecule has 46 heavy (non-hydrogen) atoms. The van der Waals surface area contributed by atoms with Gasteiger partial charge in [-0.05, 0) is 38.5 Å². The third kappa shape index (κ3) is 34.5. The molecule has 1 amide bonds. The Morgan fingerprint density at radius 1 is 0.500 bits per heavy atom.